The zero-order valence-corrected chi connectivity index (χ0v) is 14.0. The number of carbonyl (C=O) groups excluding carboxylic acids is 1. The number of hydrogen-bond acceptors (Lipinski definition) is 4. The van der Waals surface area contributed by atoms with Crippen molar-refractivity contribution in [2.75, 3.05) is 12.7 Å². The number of nitrogens with one attached hydrogen (secondary N) is 1. The lowest BCUT2D eigenvalue weighted by Gasteiger charge is -2.13. The molecule has 7 heteroatoms. The Morgan fingerprint density at radius 1 is 1.04 bits per heavy atom. The van der Waals surface area contributed by atoms with Crippen LogP contribution in [0.3, 0.4) is 0 Å². The molecule has 0 aliphatic carbocycles. The van der Waals surface area contributed by atoms with Crippen molar-refractivity contribution in [3.05, 3.63) is 66.2 Å². The van der Waals surface area contributed by atoms with Crippen molar-refractivity contribution in [3.8, 4) is 5.75 Å². The Morgan fingerprint density at radius 3 is 2.33 bits per heavy atom. The van der Waals surface area contributed by atoms with Crippen LogP contribution in [0.15, 0.2) is 60.7 Å². The highest BCUT2D eigenvalue weighted by Gasteiger charge is 2.20. The molecule has 6 nitrogen and oxygen atoms in total. The molecule has 0 spiro atoms. The molecular formula is C17H20NO5P. The van der Waals surface area contributed by atoms with Crippen LogP contribution in [0, 0.1) is 0 Å². The standard InChI is InChI=1S/C17H20NO5P/c19-17(22-14-15-8-3-1-4-9-15)18-12-7-13-24(20,21)23-16-10-5-2-6-11-16/h1-6,8-11H,7,12-14H2,(H,18,19)(H,20,21). The summed E-state index contributed by atoms with van der Waals surface area (Å²) in [6.45, 7) is 0.415. The second-order valence-corrected chi connectivity index (χ2v) is 7.01. The minimum Gasteiger partial charge on any atom is -0.445 e. The van der Waals surface area contributed by atoms with Gasteiger partial charge in [-0.05, 0) is 24.1 Å². The number of benzene rings is 2. The van der Waals surface area contributed by atoms with Crippen LogP contribution in [0.25, 0.3) is 0 Å². The molecule has 0 aliphatic heterocycles. The van der Waals surface area contributed by atoms with E-state index in [0.717, 1.165) is 5.56 Å². The Labute approximate surface area is 141 Å². The summed E-state index contributed by atoms with van der Waals surface area (Å²) in [6, 6.07) is 17.8. The molecule has 0 bridgehead atoms. The largest absolute Gasteiger partial charge is 0.445 e. The van der Waals surface area contributed by atoms with E-state index >= 15 is 0 Å². The first-order chi connectivity index (χ1) is 11.6. The average molecular weight is 349 g/mol. The molecule has 0 saturated carbocycles. The zero-order valence-electron chi connectivity index (χ0n) is 13.1. The monoisotopic (exact) mass is 349 g/mol. The fourth-order valence-corrected chi connectivity index (χ4v) is 3.04. The molecule has 1 atom stereocenters. The van der Waals surface area contributed by atoms with Gasteiger partial charge in [-0.3, -0.25) is 0 Å². The summed E-state index contributed by atoms with van der Waals surface area (Å²) >= 11 is 0. The fraction of sp³-hybridized carbons (Fsp3) is 0.235. The number of para-hydroxylation sites is 1. The lowest BCUT2D eigenvalue weighted by Crippen LogP contribution is -2.25. The first-order valence-electron chi connectivity index (χ1n) is 7.56. The molecule has 0 radical (unpaired) electrons. The molecule has 1 amide bonds. The first-order valence-corrected chi connectivity index (χ1v) is 9.32. The number of rotatable bonds is 8. The molecule has 2 rings (SSSR count). The van der Waals surface area contributed by atoms with E-state index in [1.54, 1.807) is 30.3 Å². The van der Waals surface area contributed by atoms with E-state index in [1.165, 1.54) is 0 Å². The Morgan fingerprint density at radius 2 is 1.67 bits per heavy atom. The van der Waals surface area contributed by atoms with Crippen molar-refractivity contribution in [2.24, 2.45) is 0 Å². The average Bonchev–Trinajstić information content (AvgIpc) is 2.58. The number of amides is 1. The topological polar surface area (TPSA) is 84.9 Å². The predicted octanol–water partition coefficient (Wildman–Crippen LogP) is 3.57. The Balaban J connectivity index is 1.63. The van der Waals surface area contributed by atoms with Gasteiger partial charge in [0.1, 0.15) is 12.4 Å². The third kappa shape index (κ3) is 6.86. The first kappa shape index (κ1) is 18.0. The van der Waals surface area contributed by atoms with Crippen LogP contribution in [0.5, 0.6) is 5.75 Å². The summed E-state index contributed by atoms with van der Waals surface area (Å²) in [5.41, 5.74) is 0.892. The van der Waals surface area contributed by atoms with Crippen LogP contribution in [0.1, 0.15) is 12.0 Å². The van der Waals surface area contributed by atoms with Crippen LogP contribution in [-0.2, 0) is 15.9 Å². The molecule has 0 heterocycles. The maximum atomic E-state index is 11.9. The maximum Gasteiger partial charge on any atom is 0.407 e. The van der Waals surface area contributed by atoms with Crippen LogP contribution in [-0.4, -0.2) is 23.7 Å². The third-order valence-electron chi connectivity index (χ3n) is 3.09. The fourth-order valence-electron chi connectivity index (χ4n) is 1.94. The highest BCUT2D eigenvalue weighted by molar-refractivity contribution is 7.53. The third-order valence-corrected chi connectivity index (χ3v) is 4.47. The van der Waals surface area contributed by atoms with Gasteiger partial charge in [-0.2, -0.15) is 0 Å². The van der Waals surface area contributed by atoms with Gasteiger partial charge in [-0.1, -0.05) is 48.5 Å². The van der Waals surface area contributed by atoms with Crippen molar-refractivity contribution in [1.29, 1.82) is 0 Å². The van der Waals surface area contributed by atoms with Gasteiger partial charge < -0.3 is 19.5 Å². The van der Waals surface area contributed by atoms with Gasteiger partial charge in [0, 0.05) is 6.54 Å². The van der Waals surface area contributed by atoms with E-state index in [2.05, 4.69) is 5.32 Å². The normalized spacial score (nSPS) is 12.9. The van der Waals surface area contributed by atoms with Gasteiger partial charge in [0.25, 0.3) is 0 Å². The summed E-state index contributed by atoms with van der Waals surface area (Å²) in [5, 5.41) is 2.54. The molecule has 0 aromatic heterocycles. The van der Waals surface area contributed by atoms with E-state index in [1.807, 2.05) is 30.3 Å². The Hall–Kier alpha value is -2.30. The number of alkyl carbamates (subject to hydrolysis) is 1. The van der Waals surface area contributed by atoms with Gasteiger partial charge in [-0.25, -0.2) is 9.36 Å². The minimum absolute atomic E-state index is 0.0547. The number of hydrogen-bond donors (Lipinski definition) is 2. The van der Waals surface area contributed by atoms with Crippen LogP contribution in [0.2, 0.25) is 0 Å². The molecular weight excluding hydrogens is 329 g/mol. The van der Waals surface area contributed by atoms with Crippen molar-refractivity contribution < 1.29 is 23.5 Å². The summed E-state index contributed by atoms with van der Waals surface area (Å²) < 4.78 is 22.1. The molecule has 0 aliphatic rings. The number of carbonyl (C=O) groups is 1. The Bertz CT molecular complexity index is 678. The summed E-state index contributed by atoms with van der Waals surface area (Å²) in [5.74, 6) is 0.346. The Kier molecular flexibility index (Phi) is 6.85. The van der Waals surface area contributed by atoms with Gasteiger partial charge in [-0.15, -0.1) is 0 Å². The van der Waals surface area contributed by atoms with Crippen molar-refractivity contribution in [1.82, 2.24) is 5.32 Å². The molecule has 128 valence electrons. The molecule has 1 unspecified atom stereocenters. The summed E-state index contributed by atoms with van der Waals surface area (Å²) in [6.07, 6.45) is -0.308. The van der Waals surface area contributed by atoms with Crippen LogP contribution in [0.4, 0.5) is 4.79 Å². The maximum absolute atomic E-state index is 11.9. The lowest BCUT2D eigenvalue weighted by atomic mass is 10.2. The molecule has 2 aromatic rings. The second kappa shape index (κ2) is 9.11. The van der Waals surface area contributed by atoms with Crippen molar-refractivity contribution in [3.63, 3.8) is 0 Å². The quantitative estimate of drug-likeness (QED) is 0.562. The number of ether oxygens (including phenoxy) is 1. The SMILES string of the molecule is O=C(NCCCP(=O)(O)Oc1ccccc1)OCc1ccccc1. The second-order valence-electron chi connectivity index (χ2n) is 5.11. The molecule has 2 aromatic carbocycles. The van der Waals surface area contributed by atoms with Gasteiger partial charge in [0.2, 0.25) is 0 Å². The predicted molar refractivity (Wildman–Crippen MR) is 91.0 cm³/mol. The molecule has 0 fully saturated rings. The molecule has 2 N–H and O–H groups in total. The van der Waals surface area contributed by atoms with E-state index in [0.29, 0.717) is 12.2 Å². The van der Waals surface area contributed by atoms with Gasteiger partial charge >= 0.3 is 13.7 Å². The van der Waals surface area contributed by atoms with Crippen LogP contribution < -0.4 is 9.84 Å². The van der Waals surface area contributed by atoms with Gasteiger partial charge in [0.15, 0.2) is 0 Å². The van der Waals surface area contributed by atoms with Crippen molar-refractivity contribution >= 4 is 13.7 Å². The van der Waals surface area contributed by atoms with Gasteiger partial charge in [0.05, 0.1) is 6.16 Å². The molecule has 24 heavy (non-hydrogen) atoms. The highest BCUT2D eigenvalue weighted by atomic mass is 31.2. The van der Waals surface area contributed by atoms with Crippen LogP contribution >= 0.6 is 7.60 Å². The van der Waals surface area contributed by atoms with E-state index in [-0.39, 0.29) is 19.3 Å². The molecule has 0 saturated heterocycles. The van der Waals surface area contributed by atoms with E-state index in [9.17, 15) is 14.3 Å². The lowest BCUT2D eigenvalue weighted by molar-refractivity contribution is 0.139. The van der Waals surface area contributed by atoms with E-state index in [4.69, 9.17) is 9.26 Å². The summed E-state index contributed by atoms with van der Waals surface area (Å²) in [7, 11) is -3.73. The summed E-state index contributed by atoms with van der Waals surface area (Å²) in [4.78, 5) is 21.3. The highest BCUT2D eigenvalue weighted by Crippen LogP contribution is 2.42. The van der Waals surface area contributed by atoms with E-state index < -0.39 is 13.7 Å². The smallest absolute Gasteiger partial charge is 0.407 e. The minimum atomic E-state index is -3.73. The zero-order chi connectivity index (χ0) is 17.3. The van der Waals surface area contributed by atoms with Crippen molar-refractivity contribution in [2.45, 2.75) is 13.0 Å².